The molecule has 18 heavy (non-hydrogen) atoms. The Labute approximate surface area is 106 Å². The Hall–Kier alpha value is -1.66. The summed E-state index contributed by atoms with van der Waals surface area (Å²) in [4.78, 5) is 10.4. The molecule has 98 valence electrons. The first-order chi connectivity index (χ1) is 8.39. The van der Waals surface area contributed by atoms with Gasteiger partial charge in [0.15, 0.2) is 0 Å². The first-order valence-electron chi connectivity index (χ1n) is 5.36. The minimum atomic E-state index is -3.62. The van der Waals surface area contributed by atoms with Gasteiger partial charge in [-0.05, 0) is 18.6 Å². The van der Waals surface area contributed by atoms with Gasteiger partial charge in [-0.15, -0.1) is 0 Å². The van der Waals surface area contributed by atoms with Crippen LogP contribution in [0.3, 0.4) is 0 Å². The van der Waals surface area contributed by atoms with E-state index in [1.807, 2.05) is 6.07 Å². The minimum Gasteiger partial charge on any atom is -0.481 e. The SMILES string of the molecule is CC(CC(=O)O)NS(=O)(=O)/C=C/c1ccccc1. The zero-order chi connectivity index (χ0) is 13.6. The van der Waals surface area contributed by atoms with E-state index in [2.05, 4.69) is 4.72 Å². The zero-order valence-corrected chi connectivity index (χ0v) is 10.7. The van der Waals surface area contributed by atoms with E-state index < -0.39 is 22.0 Å². The Morgan fingerprint density at radius 2 is 2.00 bits per heavy atom. The molecule has 1 rings (SSSR count). The zero-order valence-electron chi connectivity index (χ0n) is 9.91. The summed E-state index contributed by atoms with van der Waals surface area (Å²) in [5, 5.41) is 9.56. The molecule has 0 aliphatic carbocycles. The van der Waals surface area contributed by atoms with E-state index in [1.54, 1.807) is 24.3 Å². The molecule has 1 unspecified atom stereocenters. The van der Waals surface area contributed by atoms with Crippen LogP contribution >= 0.6 is 0 Å². The summed E-state index contributed by atoms with van der Waals surface area (Å²) < 4.78 is 25.5. The predicted molar refractivity (Wildman–Crippen MR) is 69.2 cm³/mol. The molecular weight excluding hydrogens is 254 g/mol. The number of aliphatic carboxylic acids is 1. The fourth-order valence-electron chi connectivity index (χ4n) is 1.36. The van der Waals surface area contributed by atoms with Gasteiger partial charge in [0.2, 0.25) is 10.0 Å². The van der Waals surface area contributed by atoms with Crippen molar-refractivity contribution in [3.8, 4) is 0 Å². The van der Waals surface area contributed by atoms with Gasteiger partial charge in [-0.3, -0.25) is 4.79 Å². The van der Waals surface area contributed by atoms with Crippen LogP contribution in [0.25, 0.3) is 6.08 Å². The molecule has 0 aliphatic rings. The van der Waals surface area contributed by atoms with Crippen molar-refractivity contribution >= 4 is 22.1 Å². The molecule has 1 aromatic carbocycles. The molecule has 0 bridgehead atoms. The van der Waals surface area contributed by atoms with Gasteiger partial charge in [-0.2, -0.15) is 0 Å². The highest BCUT2D eigenvalue weighted by Gasteiger charge is 2.13. The minimum absolute atomic E-state index is 0.252. The van der Waals surface area contributed by atoms with Gasteiger partial charge in [0.05, 0.1) is 6.42 Å². The van der Waals surface area contributed by atoms with Crippen LogP contribution in [-0.4, -0.2) is 25.5 Å². The third-order valence-electron chi connectivity index (χ3n) is 2.09. The highest BCUT2D eigenvalue weighted by Crippen LogP contribution is 2.03. The third-order valence-corrected chi connectivity index (χ3v) is 3.31. The lowest BCUT2D eigenvalue weighted by Gasteiger charge is -2.09. The largest absolute Gasteiger partial charge is 0.481 e. The number of hydrogen-bond donors (Lipinski definition) is 2. The van der Waals surface area contributed by atoms with E-state index in [-0.39, 0.29) is 6.42 Å². The molecule has 1 aromatic rings. The van der Waals surface area contributed by atoms with E-state index in [1.165, 1.54) is 13.0 Å². The summed E-state index contributed by atoms with van der Waals surface area (Å²) in [5.74, 6) is -1.04. The summed E-state index contributed by atoms with van der Waals surface area (Å²) >= 11 is 0. The maximum absolute atomic E-state index is 11.6. The third kappa shape index (κ3) is 5.60. The van der Waals surface area contributed by atoms with Crippen LogP contribution in [0.15, 0.2) is 35.7 Å². The fourth-order valence-corrected chi connectivity index (χ4v) is 2.41. The summed E-state index contributed by atoms with van der Waals surface area (Å²) in [6, 6.07) is 8.32. The van der Waals surface area contributed by atoms with Crippen LogP contribution < -0.4 is 4.72 Å². The van der Waals surface area contributed by atoms with Crippen LogP contribution in [0.5, 0.6) is 0 Å². The van der Waals surface area contributed by atoms with Crippen molar-refractivity contribution in [2.45, 2.75) is 19.4 Å². The molecule has 0 saturated heterocycles. The number of nitrogens with one attached hydrogen (secondary N) is 1. The number of benzene rings is 1. The monoisotopic (exact) mass is 269 g/mol. The lowest BCUT2D eigenvalue weighted by Crippen LogP contribution is -2.32. The van der Waals surface area contributed by atoms with Crippen molar-refractivity contribution in [1.82, 2.24) is 4.72 Å². The van der Waals surface area contributed by atoms with Gasteiger partial charge >= 0.3 is 5.97 Å². The standard InChI is InChI=1S/C12H15NO4S/c1-10(9-12(14)15)13-18(16,17)8-7-11-5-3-2-4-6-11/h2-8,10,13H,9H2,1H3,(H,14,15)/b8-7+. The molecular formula is C12H15NO4S. The maximum atomic E-state index is 11.6. The number of carbonyl (C=O) groups is 1. The van der Waals surface area contributed by atoms with Crippen LogP contribution in [0, 0.1) is 0 Å². The Morgan fingerprint density at radius 3 is 2.56 bits per heavy atom. The van der Waals surface area contributed by atoms with Crippen molar-refractivity contribution in [2.75, 3.05) is 0 Å². The van der Waals surface area contributed by atoms with Crippen molar-refractivity contribution in [1.29, 1.82) is 0 Å². The quantitative estimate of drug-likeness (QED) is 0.818. The summed E-state index contributed by atoms with van der Waals surface area (Å²) in [6.45, 7) is 1.50. The average Bonchev–Trinajstić information content (AvgIpc) is 2.26. The highest BCUT2D eigenvalue weighted by atomic mass is 32.2. The normalized spacial score (nSPS) is 13.6. The topological polar surface area (TPSA) is 83.5 Å². The predicted octanol–water partition coefficient (Wildman–Crippen LogP) is 1.44. The van der Waals surface area contributed by atoms with E-state index in [9.17, 15) is 13.2 Å². The second-order valence-electron chi connectivity index (χ2n) is 3.88. The smallest absolute Gasteiger partial charge is 0.304 e. The first kappa shape index (κ1) is 14.4. The molecule has 2 N–H and O–H groups in total. The molecule has 0 amide bonds. The number of sulfonamides is 1. The van der Waals surface area contributed by atoms with E-state index in [0.29, 0.717) is 0 Å². The molecule has 0 fully saturated rings. The molecule has 0 aliphatic heterocycles. The molecule has 1 atom stereocenters. The number of carboxylic acids is 1. The maximum Gasteiger partial charge on any atom is 0.304 e. The van der Waals surface area contributed by atoms with E-state index in [4.69, 9.17) is 5.11 Å². The molecule has 0 spiro atoms. The molecule has 0 radical (unpaired) electrons. The van der Waals surface area contributed by atoms with Gasteiger partial charge < -0.3 is 5.11 Å². The second-order valence-corrected chi connectivity index (χ2v) is 5.47. The number of hydrogen-bond acceptors (Lipinski definition) is 3. The molecule has 5 nitrogen and oxygen atoms in total. The molecule has 0 heterocycles. The first-order valence-corrected chi connectivity index (χ1v) is 6.91. The fraction of sp³-hybridized carbons (Fsp3) is 0.250. The Bertz CT molecular complexity index is 522. The molecule has 0 saturated carbocycles. The lowest BCUT2D eigenvalue weighted by atomic mass is 10.2. The van der Waals surface area contributed by atoms with Crippen LogP contribution in [-0.2, 0) is 14.8 Å². The van der Waals surface area contributed by atoms with E-state index >= 15 is 0 Å². The highest BCUT2D eigenvalue weighted by molar-refractivity contribution is 7.92. The van der Waals surface area contributed by atoms with Crippen LogP contribution in [0.2, 0.25) is 0 Å². The van der Waals surface area contributed by atoms with Gasteiger partial charge in [0.25, 0.3) is 0 Å². The summed E-state index contributed by atoms with van der Waals surface area (Å²) in [5.41, 5.74) is 0.758. The van der Waals surface area contributed by atoms with Gasteiger partial charge in [-0.1, -0.05) is 30.3 Å². The van der Waals surface area contributed by atoms with Crippen molar-refractivity contribution in [2.24, 2.45) is 0 Å². The van der Waals surface area contributed by atoms with Gasteiger partial charge in [-0.25, -0.2) is 13.1 Å². The second kappa shape index (κ2) is 6.32. The summed E-state index contributed by atoms with van der Waals surface area (Å²) in [7, 11) is -3.62. The Kier molecular flexibility index (Phi) is 5.06. The van der Waals surface area contributed by atoms with Gasteiger partial charge in [0, 0.05) is 11.4 Å². The van der Waals surface area contributed by atoms with Gasteiger partial charge in [0.1, 0.15) is 0 Å². The molecule has 0 aromatic heterocycles. The van der Waals surface area contributed by atoms with Crippen LogP contribution in [0.1, 0.15) is 18.9 Å². The average molecular weight is 269 g/mol. The lowest BCUT2D eigenvalue weighted by molar-refractivity contribution is -0.137. The van der Waals surface area contributed by atoms with Crippen molar-refractivity contribution in [3.63, 3.8) is 0 Å². The molecule has 6 heteroatoms. The summed E-state index contributed by atoms with van der Waals surface area (Å²) in [6.07, 6.45) is 1.20. The Morgan fingerprint density at radius 1 is 1.39 bits per heavy atom. The number of rotatable bonds is 6. The van der Waals surface area contributed by atoms with Crippen LogP contribution in [0.4, 0.5) is 0 Å². The van der Waals surface area contributed by atoms with Crippen molar-refractivity contribution in [3.05, 3.63) is 41.3 Å². The Balaban J connectivity index is 2.65. The number of carboxylic acid groups (broad SMARTS) is 1. The van der Waals surface area contributed by atoms with Crippen molar-refractivity contribution < 1.29 is 18.3 Å². The van der Waals surface area contributed by atoms with E-state index in [0.717, 1.165) is 11.0 Å².